The fraction of sp³-hybridized carbons (Fsp3) is 1.00. The molecule has 1 spiro atoms. The first-order valence-corrected chi connectivity index (χ1v) is 23.9. The molecule has 5 heterocycles. The molecule has 4 saturated carbocycles. The molecule has 9 aliphatic rings. The topological polar surface area (TPSA) is 296 Å². The Morgan fingerprint density at radius 1 is 0.578 bits per heavy atom. The maximum absolute atomic E-state index is 12.1. The number of fused-ring (bicyclic) bond motifs is 7. The van der Waals surface area contributed by atoms with Crippen LogP contribution in [-0.4, -0.2) is 199 Å². The van der Waals surface area contributed by atoms with Gasteiger partial charge in [-0.15, -0.1) is 0 Å². The molecular weight excluding hydrogens is 844 g/mol. The Kier molecular flexibility index (Phi) is 13.7. The fourth-order valence-electron chi connectivity index (χ4n) is 14.7. The van der Waals surface area contributed by atoms with Crippen molar-refractivity contribution in [1.29, 1.82) is 0 Å². The lowest BCUT2D eigenvalue weighted by molar-refractivity contribution is -0.393. The van der Waals surface area contributed by atoms with E-state index in [1.54, 1.807) is 0 Å². The van der Waals surface area contributed by atoms with Crippen molar-refractivity contribution in [2.24, 2.45) is 52.3 Å². The molecule has 28 atom stereocenters. The summed E-state index contributed by atoms with van der Waals surface area (Å²) in [6.45, 7) is 7.84. The molecule has 5 aliphatic heterocycles. The van der Waals surface area contributed by atoms with Crippen LogP contribution in [0.2, 0.25) is 0 Å². The second kappa shape index (κ2) is 18.2. The van der Waals surface area contributed by atoms with Crippen LogP contribution in [0.4, 0.5) is 0 Å². The monoisotopic (exact) mass is 918 g/mol. The van der Waals surface area contributed by atoms with Crippen LogP contribution >= 0.6 is 0 Å². The standard InChI is InChI=1S/C45H74O19/c1-18-7-10-45(57-17-18)19(2)30-26(64-45)12-23-21-6-5-20-11-25(24(49)13-44(20,4)22(21)8-9-43(23,30)3)58-42-39(63-41-36(55)34(53)32(51)28(15-47)60-41)37(56)38(29(16-48)61-42)62-40-35(54)33(52)31(50)27(14-46)59-40/h18-42,46-56H,5-17H2,1-4H3/t18-,19-,20+,21+,22-,23-,24-,25+,26-,27+,28+,29+,30-,31+,32+,33-,34-,35+,36+,37-,38-,39+,40-,41-,42+,43-,44-,45+/m0/s1. The van der Waals surface area contributed by atoms with Crippen molar-refractivity contribution >= 4 is 0 Å². The maximum Gasteiger partial charge on any atom is 0.187 e. The van der Waals surface area contributed by atoms with Gasteiger partial charge in [-0.2, -0.15) is 0 Å². The molecule has 0 aromatic heterocycles. The van der Waals surface area contributed by atoms with Gasteiger partial charge in [-0.05, 0) is 97.7 Å². The smallest absolute Gasteiger partial charge is 0.187 e. The minimum absolute atomic E-state index is 0.131. The van der Waals surface area contributed by atoms with Gasteiger partial charge in [0, 0.05) is 12.3 Å². The molecule has 0 amide bonds. The van der Waals surface area contributed by atoms with Gasteiger partial charge < -0.3 is 94.1 Å². The van der Waals surface area contributed by atoms with E-state index in [4.69, 9.17) is 37.9 Å². The van der Waals surface area contributed by atoms with Gasteiger partial charge in [-0.3, -0.25) is 0 Å². The van der Waals surface area contributed by atoms with E-state index in [0.29, 0.717) is 48.3 Å². The summed E-state index contributed by atoms with van der Waals surface area (Å²) in [4.78, 5) is 0. The van der Waals surface area contributed by atoms with E-state index in [1.165, 1.54) is 0 Å². The van der Waals surface area contributed by atoms with Gasteiger partial charge in [0.05, 0.1) is 44.7 Å². The minimum atomic E-state index is -1.89. The summed E-state index contributed by atoms with van der Waals surface area (Å²) in [6, 6.07) is 0. The number of aliphatic hydroxyl groups is 11. The van der Waals surface area contributed by atoms with Crippen LogP contribution in [0.15, 0.2) is 0 Å². The highest BCUT2D eigenvalue weighted by Gasteiger charge is 2.70. The first-order chi connectivity index (χ1) is 30.4. The average molecular weight is 919 g/mol. The Labute approximate surface area is 373 Å². The van der Waals surface area contributed by atoms with Crippen LogP contribution < -0.4 is 0 Å². The summed E-state index contributed by atoms with van der Waals surface area (Å²) in [5.41, 5.74) is -0.0687. The lowest BCUT2D eigenvalue weighted by atomic mass is 9.44. The molecule has 0 bridgehead atoms. The van der Waals surface area contributed by atoms with Crippen molar-refractivity contribution in [2.75, 3.05) is 26.4 Å². The molecule has 0 aromatic carbocycles. The molecule has 0 radical (unpaired) electrons. The summed E-state index contributed by atoms with van der Waals surface area (Å²) in [5, 5.41) is 118. The van der Waals surface area contributed by atoms with E-state index in [9.17, 15) is 56.2 Å². The van der Waals surface area contributed by atoms with E-state index in [-0.39, 0.29) is 22.9 Å². The number of rotatable bonds is 9. The Bertz CT molecular complexity index is 1600. The van der Waals surface area contributed by atoms with Gasteiger partial charge in [0.1, 0.15) is 73.2 Å². The Hall–Kier alpha value is -0.760. The summed E-state index contributed by atoms with van der Waals surface area (Å²) < 4.78 is 49.4. The number of ether oxygens (including phenoxy) is 8. The number of hydrogen-bond donors (Lipinski definition) is 11. The maximum atomic E-state index is 12.1. The van der Waals surface area contributed by atoms with Crippen LogP contribution in [-0.2, 0) is 37.9 Å². The zero-order chi connectivity index (χ0) is 45.8. The Morgan fingerprint density at radius 3 is 1.78 bits per heavy atom. The molecule has 4 aliphatic carbocycles. The molecule has 19 heteroatoms. The molecule has 5 saturated heterocycles. The van der Waals surface area contributed by atoms with Crippen molar-refractivity contribution in [1.82, 2.24) is 0 Å². The SMILES string of the molecule is C[C@H]1CC[C@@]2(OC1)O[C@H]1C[C@H]3[C@@H]4CC[C@@H]5C[C@@H](O[C@@H]6O[C@H](CO)[C@H](O[C@@H]7O[C@H](CO)[C@@H](O)[C@H](O)[C@H]7O)[C@H](O)[C@H]6O[C@@H]6O[C@H](CO)[C@@H](O)[C@H](O)[C@H]6O)[C@@H](O)C[C@]5(C)[C@H]4CC[C@]3(C)[C@H]1[C@@H]2C. The fourth-order valence-corrected chi connectivity index (χ4v) is 14.7. The van der Waals surface area contributed by atoms with E-state index in [0.717, 1.165) is 51.6 Å². The molecule has 9 fully saturated rings. The second-order valence-corrected chi connectivity index (χ2v) is 21.7. The van der Waals surface area contributed by atoms with E-state index in [2.05, 4.69) is 27.7 Å². The zero-order valence-corrected chi connectivity index (χ0v) is 37.3. The predicted molar refractivity (Wildman–Crippen MR) is 217 cm³/mol. The molecule has 9 rings (SSSR count). The minimum Gasteiger partial charge on any atom is -0.394 e. The summed E-state index contributed by atoms with van der Waals surface area (Å²) >= 11 is 0. The Morgan fingerprint density at radius 2 is 1.19 bits per heavy atom. The van der Waals surface area contributed by atoms with Gasteiger partial charge >= 0.3 is 0 Å². The van der Waals surface area contributed by atoms with Gasteiger partial charge in [-0.1, -0.05) is 27.7 Å². The molecule has 11 N–H and O–H groups in total. The zero-order valence-electron chi connectivity index (χ0n) is 37.3. The van der Waals surface area contributed by atoms with Crippen molar-refractivity contribution in [3.8, 4) is 0 Å². The molecule has 0 unspecified atom stereocenters. The van der Waals surface area contributed by atoms with Gasteiger partial charge in [0.2, 0.25) is 0 Å². The van der Waals surface area contributed by atoms with Crippen LogP contribution in [0.25, 0.3) is 0 Å². The first kappa shape index (κ1) is 48.3. The van der Waals surface area contributed by atoms with Crippen LogP contribution in [0.5, 0.6) is 0 Å². The van der Waals surface area contributed by atoms with Gasteiger partial charge in [0.25, 0.3) is 0 Å². The lowest BCUT2D eigenvalue weighted by Crippen LogP contribution is -2.67. The lowest BCUT2D eigenvalue weighted by Gasteiger charge is -2.62. The predicted octanol–water partition coefficient (Wildman–Crippen LogP) is -1.76. The summed E-state index contributed by atoms with van der Waals surface area (Å²) in [7, 11) is 0. The highest BCUT2D eigenvalue weighted by molar-refractivity contribution is 5.16. The Balaban J connectivity index is 0.921. The molecule has 0 aromatic rings. The third-order valence-corrected chi connectivity index (χ3v) is 18.3. The normalized spacial score (nSPS) is 58.6. The molecule has 19 nitrogen and oxygen atoms in total. The van der Waals surface area contributed by atoms with E-state index >= 15 is 0 Å². The van der Waals surface area contributed by atoms with Crippen LogP contribution in [0.1, 0.15) is 85.5 Å². The number of aliphatic hydroxyl groups excluding tert-OH is 11. The molecule has 64 heavy (non-hydrogen) atoms. The summed E-state index contributed by atoms with van der Waals surface area (Å²) in [6.07, 6.45) is -18.8. The third kappa shape index (κ3) is 7.85. The highest BCUT2D eigenvalue weighted by Crippen LogP contribution is 2.71. The van der Waals surface area contributed by atoms with Crippen molar-refractivity contribution in [3.63, 3.8) is 0 Å². The average Bonchev–Trinajstić information content (AvgIpc) is 3.72. The quantitative estimate of drug-likeness (QED) is 0.114. The van der Waals surface area contributed by atoms with E-state index < -0.39 is 130 Å². The summed E-state index contributed by atoms with van der Waals surface area (Å²) in [5.74, 6) is 2.32. The van der Waals surface area contributed by atoms with E-state index in [1.807, 2.05) is 0 Å². The van der Waals surface area contributed by atoms with Crippen LogP contribution in [0.3, 0.4) is 0 Å². The van der Waals surface area contributed by atoms with Crippen molar-refractivity contribution in [2.45, 2.75) is 202 Å². The number of hydrogen-bond acceptors (Lipinski definition) is 19. The van der Waals surface area contributed by atoms with Crippen LogP contribution in [0, 0.1) is 52.3 Å². The first-order valence-electron chi connectivity index (χ1n) is 23.9. The largest absolute Gasteiger partial charge is 0.394 e. The highest BCUT2D eigenvalue weighted by atomic mass is 16.8. The van der Waals surface area contributed by atoms with Gasteiger partial charge in [0.15, 0.2) is 24.7 Å². The second-order valence-electron chi connectivity index (χ2n) is 21.7. The van der Waals surface area contributed by atoms with Crippen molar-refractivity contribution < 1.29 is 94.1 Å². The molecule has 368 valence electrons. The van der Waals surface area contributed by atoms with Crippen molar-refractivity contribution in [3.05, 3.63) is 0 Å². The third-order valence-electron chi connectivity index (χ3n) is 18.3. The molecular formula is C45H74O19. The van der Waals surface area contributed by atoms with Gasteiger partial charge in [-0.25, -0.2) is 0 Å².